The Morgan fingerprint density at radius 1 is 1.00 bits per heavy atom. The molecule has 0 aliphatic carbocycles. The summed E-state index contributed by atoms with van der Waals surface area (Å²) in [5.74, 6) is 1.20. The Morgan fingerprint density at radius 2 is 1.82 bits per heavy atom. The summed E-state index contributed by atoms with van der Waals surface area (Å²) >= 11 is 0. The normalized spacial score (nSPS) is 11.3. The first-order valence-corrected chi connectivity index (χ1v) is 8.87. The van der Waals surface area contributed by atoms with Gasteiger partial charge in [-0.05, 0) is 31.7 Å². The Labute approximate surface area is 161 Å². The molecule has 0 bridgehead atoms. The molecule has 0 atom stereocenters. The molecule has 2 aromatic carbocycles. The molecule has 0 aliphatic heterocycles. The summed E-state index contributed by atoms with van der Waals surface area (Å²) in [6.07, 6.45) is 0. The molecular formula is C21H19FN4O2. The van der Waals surface area contributed by atoms with E-state index in [1.807, 2.05) is 55.3 Å². The topological polar surface area (TPSA) is 68.2 Å². The minimum absolute atomic E-state index is 0.248. The molecule has 4 aromatic rings. The van der Waals surface area contributed by atoms with Gasteiger partial charge in [-0.1, -0.05) is 47.6 Å². The van der Waals surface area contributed by atoms with E-state index >= 15 is 0 Å². The van der Waals surface area contributed by atoms with Crippen molar-refractivity contribution in [2.24, 2.45) is 0 Å². The van der Waals surface area contributed by atoms with E-state index in [1.165, 1.54) is 12.1 Å². The highest BCUT2D eigenvalue weighted by molar-refractivity contribution is 5.77. The number of nitrogens with zero attached hydrogens (tertiary/aromatic N) is 4. The Hall–Kier alpha value is -3.32. The van der Waals surface area contributed by atoms with Crippen molar-refractivity contribution in [1.29, 1.82) is 0 Å². The minimum Gasteiger partial charge on any atom is -0.419 e. The molecule has 0 radical (unpaired) electrons. The number of benzene rings is 2. The predicted molar refractivity (Wildman–Crippen MR) is 102 cm³/mol. The maximum absolute atomic E-state index is 13.3. The molecule has 7 heteroatoms. The van der Waals surface area contributed by atoms with Gasteiger partial charge in [0.15, 0.2) is 0 Å². The third kappa shape index (κ3) is 3.84. The van der Waals surface area contributed by atoms with E-state index in [2.05, 4.69) is 15.4 Å². The minimum atomic E-state index is -0.248. The van der Waals surface area contributed by atoms with Gasteiger partial charge in [0.05, 0.1) is 6.54 Å². The lowest BCUT2D eigenvalue weighted by Gasteiger charge is -2.14. The zero-order chi connectivity index (χ0) is 19.5. The van der Waals surface area contributed by atoms with Crippen LogP contribution in [-0.2, 0) is 13.1 Å². The van der Waals surface area contributed by atoms with Gasteiger partial charge in [0.25, 0.3) is 5.89 Å². The molecule has 2 aromatic heterocycles. The Morgan fingerprint density at radius 3 is 2.61 bits per heavy atom. The average molecular weight is 378 g/mol. The molecule has 0 spiro atoms. The molecule has 6 nitrogen and oxygen atoms in total. The summed E-state index contributed by atoms with van der Waals surface area (Å²) in [5.41, 5.74) is 3.15. The van der Waals surface area contributed by atoms with Gasteiger partial charge >= 0.3 is 0 Å². The van der Waals surface area contributed by atoms with E-state index in [0.29, 0.717) is 41.9 Å². The first-order valence-electron chi connectivity index (χ1n) is 8.87. The van der Waals surface area contributed by atoms with Crippen LogP contribution in [0.2, 0.25) is 0 Å². The molecule has 142 valence electrons. The highest BCUT2D eigenvalue weighted by Crippen LogP contribution is 2.33. The standard InChI is InChI=1S/C21H19FN4O2/c1-14-19(20(25-28-14)16-8-4-3-5-9-16)21-24-23-18(27-21)13-26(2)12-15-7-6-10-17(22)11-15/h3-11H,12-13H2,1-2H3. The van der Waals surface area contributed by atoms with Crippen LogP contribution in [-0.4, -0.2) is 27.3 Å². The van der Waals surface area contributed by atoms with Crippen molar-refractivity contribution in [3.8, 4) is 22.7 Å². The summed E-state index contributed by atoms with van der Waals surface area (Å²) in [6.45, 7) is 2.82. The van der Waals surface area contributed by atoms with Gasteiger partial charge in [-0.2, -0.15) is 0 Å². The lowest BCUT2D eigenvalue weighted by Crippen LogP contribution is -2.17. The van der Waals surface area contributed by atoms with E-state index in [-0.39, 0.29) is 5.82 Å². The van der Waals surface area contributed by atoms with E-state index in [1.54, 1.807) is 6.07 Å². The second-order valence-corrected chi connectivity index (χ2v) is 6.63. The Kier molecular flexibility index (Phi) is 4.99. The van der Waals surface area contributed by atoms with Crippen LogP contribution in [0.5, 0.6) is 0 Å². The lowest BCUT2D eigenvalue weighted by atomic mass is 10.1. The van der Waals surface area contributed by atoms with Crippen LogP contribution in [0.1, 0.15) is 17.2 Å². The summed E-state index contributed by atoms with van der Waals surface area (Å²) in [5, 5.41) is 12.5. The summed E-state index contributed by atoms with van der Waals surface area (Å²) in [6, 6.07) is 16.2. The molecule has 0 fully saturated rings. The van der Waals surface area contributed by atoms with Gasteiger partial charge in [0, 0.05) is 12.1 Å². The number of aromatic nitrogens is 3. The zero-order valence-electron chi connectivity index (χ0n) is 15.6. The Balaban J connectivity index is 1.53. The number of rotatable bonds is 6. The molecule has 4 rings (SSSR count). The van der Waals surface area contributed by atoms with Gasteiger partial charge in [-0.25, -0.2) is 4.39 Å². The van der Waals surface area contributed by atoms with E-state index in [4.69, 9.17) is 8.94 Å². The Bertz CT molecular complexity index is 1070. The second kappa shape index (κ2) is 7.74. The molecule has 0 unspecified atom stereocenters. The van der Waals surface area contributed by atoms with Gasteiger partial charge in [0.2, 0.25) is 5.89 Å². The number of halogens is 1. The first-order chi connectivity index (χ1) is 13.6. The largest absolute Gasteiger partial charge is 0.419 e. The van der Waals surface area contributed by atoms with E-state index in [9.17, 15) is 4.39 Å². The third-order valence-corrected chi connectivity index (χ3v) is 4.34. The third-order valence-electron chi connectivity index (χ3n) is 4.34. The zero-order valence-corrected chi connectivity index (χ0v) is 15.6. The van der Waals surface area contributed by atoms with Crippen LogP contribution < -0.4 is 0 Å². The van der Waals surface area contributed by atoms with Crippen molar-refractivity contribution in [2.75, 3.05) is 7.05 Å². The van der Waals surface area contributed by atoms with Crippen LogP contribution in [0, 0.1) is 12.7 Å². The fraction of sp³-hybridized carbons (Fsp3) is 0.190. The monoisotopic (exact) mass is 378 g/mol. The number of aryl methyl sites for hydroxylation is 1. The maximum Gasteiger partial charge on any atom is 0.253 e. The molecule has 0 saturated heterocycles. The molecule has 28 heavy (non-hydrogen) atoms. The predicted octanol–water partition coefficient (Wildman–Crippen LogP) is 4.47. The lowest BCUT2D eigenvalue weighted by molar-refractivity contribution is 0.282. The van der Waals surface area contributed by atoms with Crippen molar-refractivity contribution in [3.05, 3.63) is 77.6 Å². The molecule has 0 N–H and O–H groups in total. The van der Waals surface area contributed by atoms with Crippen LogP contribution in [0.3, 0.4) is 0 Å². The second-order valence-electron chi connectivity index (χ2n) is 6.63. The number of hydrogen-bond acceptors (Lipinski definition) is 6. The fourth-order valence-electron chi connectivity index (χ4n) is 3.07. The fourth-order valence-corrected chi connectivity index (χ4v) is 3.07. The summed E-state index contributed by atoms with van der Waals surface area (Å²) < 4.78 is 24.6. The van der Waals surface area contributed by atoms with Gasteiger partial charge < -0.3 is 8.94 Å². The highest BCUT2D eigenvalue weighted by atomic mass is 19.1. The van der Waals surface area contributed by atoms with E-state index in [0.717, 1.165) is 11.1 Å². The van der Waals surface area contributed by atoms with Crippen molar-refractivity contribution in [3.63, 3.8) is 0 Å². The van der Waals surface area contributed by atoms with Crippen LogP contribution in [0.4, 0.5) is 4.39 Å². The van der Waals surface area contributed by atoms with Crippen molar-refractivity contribution < 1.29 is 13.3 Å². The average Bonchev–Trinajstić information content (AvgIpc) is 3.28. The smallest absolute Gasteiger partial charge is 0.253 e. The molecular weight excluding hydrogens is 359 g/mol. The van der Waals surface area contributed by atoms with Crippen LogP contribution in [0.25, 0.3) is 22.7 Å². The van der Waals surface area contributed by atoms with Crippen molar-refractivity contribution >= 4 is 0 Å². The van der Waals surface area contributed by atoms with Crippen molar-refractivity contribution in [2.45, 2.75) is 20.0 Å². The van der Waals surface area contributed by atoms with E-state index < -0.39 is 0 Å². The quantitative estimate of drug-likeness (QED) is 0.493. The van der Waals surface area contributed by atoms with Gasteiger partial charge in [0.1, 0.15) is 22.8 Å². The van der Waals surface area contributed by atoms with Crippen LogP contribution >= 0.6 is 0 Å². The van der Waals surface area contributed by atoms with Crippen LogP contribution in [0.15, 0.2) is 63.5 Å². The van der Waals surface area contributed by atoms with Gasteiger partial charge in [-0.15, -0.1) is 10.2 Å². The maximum atomic E-state index is 13.3. The van der Waals surface area contributed by atoms with Crippen molar-refractivity contribution in [1.82, 2.24) is 20.3 Å². The van der Waals surface area contributed by atoms with Gasteiger partial charge in [-0.3, -0.25) is 4.90 Å². The number of hydrogen-bond donors (Lipinski definition) is 0. The molecule has 0 amide bonds. The summed E-state index contributed by atoms with van der Waals surface area (Å²) in [7, 11) is 1.91. The molecule has 2 heterocycles. The molecule has 0 aliphatic rings. The highest BCUT2D eigenvalue weighted by Gasteiger charge is 2.22. The first kappa shape index (κ1) is 18.1. The summed E-state index contributed by atoms with van der Waals surface area (Å²) in [4.78, 5) is 1.98. The SMILES string of the molecule is Cc1onc(-c2ccccc2)c1-c1nnc(CN(C)Cc2cccc(F)c2)o1. The molecule has 0 saturated carbocycles.